The van der Waals surface area contributed by atoms with Crippen molar-refractivity contribution in [1.82, 2.24) is 5.32 Å². The van der Waals surface area contributed by atoms with E-state index >= 15 is 0 Å². The van der Waals surface area contributed by atoms with Crippen molar-refractivity contribution in [3.63, 3.8) is 0 Å². The summed E-state index contributed by atoms with van der Waals surface area (Å²) >= 11 is 6.18. The number of ether oxygens (including phenoxy) is 1. The number of aryl methyl sites for hydroxylation is 2. The summed E-state index contributed by atoms with van der Waals surface area (Å²) in [5.74, 6) is 0.525. The van der Waals surface area contributed by atoms with E-state index in [-0.39, 0.29) is 11.9 Å². The first-order valence-electron chi connectivity index (χ1n) is 9.82. The Balaban J connectivity index is 1.70. The fourth-order valence-corrected chi connectivity index (χ4v) is 3.55. The van der Waals surface area contributed by atoms with Crippen molar-refractivity contribution < 1.29 is 9.53 Å². The maximum Gasteiger partial charge on any atom is 0.251 e. The van der Waals surface area contributed by atoms with Crippen LogP contribution in [-0.2, 0) is 6.61 Å². The summed E-state index contributed by atoms with van der Waals surface area (Å²) in [6.45, 7) is 6.59. The second kappa shape index (κ2) is 9.62. The molecule has 0 heterocycles. The van der Waals surface area contributed by atoms with E-state index in [1.807, 2.05) is 36.4 Å². The van der Waals surface area contributed by atoms with Crippen LogP contribution in [0, 0.1) is 13.8 Å². The van der Waals surface area contributed by atoms with Gasteiger partial charge in [-0.15, -0.1) is 0 Å². The van der Waals surface area contributed by atoms with Crippen LogP contribution in [0.5, 0.6) is 5.75 Å². The predicted molar refractivity (Wildman–Crippen MR) is 119 cm³/mol. The van der Waals surface area contributed by atoms with Crippen molar-refractivity contribution in [3.8, 4) is 5.75 Å². The van der Waals surface area contributed by atoms with Crippen LogP contribution in [0.1, 0.15) is 52.0 Å². The summed E-state index contributed by atoms with van der Waals surface area (Å²) in [4.78, 5) is 12.9. The van der Waals surface area contributed by atoms with E-state index in [0.29, 0.717) is 22.9 Å². The monoisotopic (exact) mass is 407 g/mol. The molecule has 0 aliphatic heterocycles. The number of amides is 1. The Morgan fingerprint density at radius 2 is 1.83 bits per heavy atom. The number of halogens is 1. The summed E-state index contributed by atoms with van der Waals surface area (Å²) in [6.07, 6.45) is 0.818. The van der Waals surface area contributed by atoms with Crippen molar-refractivity contribution in [1.29, 1.82) is 0 Å². The van der Waals surface area contributed by atoms with E-state index in [2.05, 4.69) is 44.3 Å². The van der Waals surface area contributed by atoms with Crippen molar-refractivity contribution >= 4 is 17.5 Å². The molecule has 1 N–H and O–H groups in total. The number of rotatable bonds is 7. The molecule has 150 valence electrons. The zero-order valence-electron chi connectivity index (χ0n) is 17.0. The highest BCUT2D eigenvalue weighted by molar-refractivity contribution is 6.31. The van der Waals surface area contributed by atoms with Crippen LogP contribution in [0.2, 0.25) is 5.02 Å². The number of hydrogen-bond donors (Lipinski definition) is 1. The normalized spacial score (nSPS) is 11.7. The van der Waals surface area contributed by atoms with Gasteiger partial charge in [0, 0.05) is 16.1 Å². The van der Waals surface area contributed by atoms with Crippen molar-refractivity contribution in [2.45, 2.75) is 39.8 Å². The summed E-state index contributed by atoms with van der Waals surface area (Å²) in [5.41, 5.74) is 5.04. The Hall–Kier alpha value is -2.78. The summed E-state index contributed by atoms with van der Waals surface area (Å²) in [7, 11) is 0. The molecular weight excluding hydrogens is 382 g/mol. The van der Waals surface area contributed by atoms with Gasteiger partial charge in [-0.3, -0.25) is 4.79 Å². The van der Waals surface area contributed by atoms with Gasteiger partial charge in [0.25, 0.3) is 5.91 Å². The minimum absolute atomic E-state index is 0.0317. The van der Waals surface area contributed by atoms with Gasteiger partial charge in [0.1, 0.15) is 12.4 Å². The lowest BCUT2D eigenvalue weighted by Gasteiger charge is -2.20. The SMILES string of the molecule is CCC(NC(=O)c1cccc(OCc2ccccc2Cl)c1)c1ccc(C)cc1C. The molecule has 0 saturated heterocycles. The first-order chi connectivity index (χ1) is 14.0. The number of nitrogens with one attached hydrogen (secondary N) is 1. The van der Waals surface area contributed by atoms with Crippen molar-refractivity contribution in [2.75, 3.05) is 0 Å². The molecule has 3 aromatic carbocycles. The van der Waals surface area contributed by atoms with Gasteiger partial charge in [-0.25, -0.2) is 0 Å². The smallest absolute Gasteiger partial charge is 0.251 e. The lowest BCUT2D eigenvalue weighted by atomic mass is 9.97. The largest absolute Gasteiger partial charge is 0.489 e. The maximum atomic E-state index is 12.9. The van der Waals surface area contributed by atoms with Gasteiger partial charge < -0.3 is 10.1 Å². The van der Waals surface area contributed by atoms with Gasteiger partial charge in [0.05, 0.1) is 6.04 Å². The molecule has 1 unspecified atom stereocenters. The summed E-state index contributed by atoms with van der Waals surface area (Å²) in [6, 6.07) is 21.1. The van der Waals surface area contributed by atoms with Crippen LogP contribution in [0.15, 0.2) is 66.7 Å². The average Bonchev–Trinajstić information content (AvgIpc) is 2.72. The van der Waals surface area contributed by atoms with Crippen LogP contribution in [0.3, 0.4) is 0 Å². The first kappa shape index (κ1) is 20.9. The third kappa shape index (κ3) is 5.39. The van der Waals surface area contributed by atoms with E-state index in [1.54, 1.807) is 12.1 Å². The second-order valence-electron chi connectivity index (χ2n) is 7.20. The zero-order valence-corrected chi connectivity index (χ0v) is 17.8. The lowest BCUT2D eigenvalue weighted by molar-refractivity contribution is 0.0935. The average molecular weight is 408 g/mol. The van der Waals surface area contributed by atoms with Crippen LogP contribution < -0.4 is 10.1 Å². The first-order valence-corrected chi connectivity index (χ1v) is 10.2. The summed E-state index contributed by atoms with van der Waals surface area (Å²) < 4.78 is 5.85. The molecule has 0 aliphatic carbocycles. The Morgan fingerprint density at radius 3 is 2.55 bits per heavy atom. The van der Waals surface area contributed by atoms with Crippen LogP contribution in [0.4, 0.5) is 0 Å². The van der Waals surface area contributed by atoms with E-state index in [9.17, 15) is 4.79 Å². The molecule has 3 rings (SSSR count). The molecule has 0 fully saturated rings. The highest BCUT2D eigenvalue weighted by Gasteiger charge is 2.16. The topological polar surface area (TPSA) is 38.3 Å². The Morgan fingerprint density at radius 1 is 1.03 bits per heavy atom. The van der Waals surface area contributed by atoms with Crippen molar-refractivity contribution in [3.05, 3.63) is 99.6 Å². The molecule has 0 aliphatic rings. The van der Waals surface area contributed by atoms with E-state index < -0.39 is 0 Å². The number of hydrogen-bond acceptors (Lipinski definition) is 2. The second-order valence-corrected chi connectivity index (χ2v) is 7.61. The highest BCUT2D eigenvalue weighted by Crippen LogP contribution is 2.23. The molecule has 0 bridgehead atoms. The molecule has 3 nitrogen and oxygen atoms in total. The van der Waals surface area contributed by atoms with E-state index in [4.69, 9.17) is 16.3 Å². The molecule has 4 heteroatoms. The molecule has 3 aromatic rings. The van der Waals surface area contributed by atoms with Gasteiger partial charge in [0.2, 0.25) is 0 Å². The van der Waals surface area contributed by atoms with Gasteiger partial charge >= 0.3 is 0 Å². The molecule has 1 atom stereocenters. The third-order valence-corrected chi connectivity index (χ3v) is 5.33. The number of carbonyl (C=O) groups is 1. The highest BCUT2D eigenvalue weighted by atomic mass is 35.5. The van der Waals surface area contributed by atoms with Crippen molar-refractivity contribution in [2.24, 2.45) is 0 Å². The minimum Gasteiger partial charge on any atom is -0.489 e. The van der Waals surface area contributed by atoms with E-state index in [1.165, 1.54) is 11.1 Å². The molecular formula is C25H26ClNO2. The summed E-state index contributed by atoms with van der Waals surface area (Å²) in [5, 5.41) is 3.82. The Bertz CT molecular complexity index is 1000. The Kier molecular flexibility index (Phi) is 6.95. The molecule has 1 amide bonds. The fraction of sp³-hybridized carbons (Fsp3) is 0.240. The van der Waals surface area contributed by atoms with E-state index in [0.717, 1.165) is 17.5 Å². The predicted octanol–water partition coefficient (Wildman–Crippen LogP) is 6.42. The molecule has 0 saturated carbocycles. The molecule has 0 radical (unpaired) electrons. The number of benzene rings is 3. The molecule has 29 heavy (non-hydrogen) atoms. The number of carbonyl (C=O) groups excluding carboxylic acids is 1. The molecule has 0 aromatic heterocycles. The fourth-order valence-electron chi connectivity index (χ4n) is 3.36. The minimum atomic E-state index is -0.111. The standard InChI is InChI=1S/C25H26ClNO2/c1-4-24(22-13-12-17(2)14-18(22)3)27-25(28)19-9-7-10-21(15-19)29-16-20-8-5-6-11-23(20)26/h5-15,24H,4,16H2,1-3H3,(H,27,28). The van der Waals surface area contributed by atoms with Gasteiger partial charge in [-0.2, -0.15) is 0 Å². The third-order valence-electron chi connectivity index (χ3n) is 4.96. The maximum absolute atomic E-state index is 12.9. The zero-order chi connectivity index (χ0) is 20.8. The van der Waals surface area contributed by atoms with Gasteiger partial charge in [0.15, 0.2) is 0 Å². The lowest BCUT2D eigenvalue weighted by Crippen LogP contribution is -2.28. The van der Waals surface area contributed by atoms with Crippen LogP contribution >= 0.6 is 11.6 Å². The van der Waals surface area contributed by atoms with Crippen LogP contribution in [-0.4, -0.2) is 5.91 Å². The Labute approximate surface area is 177 Å². The van der Waals surface area contributed by atoms with Crippen LogP contribution in [0.25, 0.3) is 0 Å². The van der Waals surface area contributed by atoms with Gasteiger partial charge in [-0.1, -0.05) is 66.6 Å². The van der Waals surface area contributed by atoms with Gasteiger partial charge in [-0.05, 0) is 55.7 Å². The molecule has 0 spiro atoms. The quantitative estimate of drug-likeness (QED) is 0.491.